The van der Waals surface area contributed by atoms with Gasteiger partial charge in [-0.3, -0.25) is 4.79 Å². The van der Waals surface area contributed by atoms with E-state index in [1.54, 1.807) is 20.3 Å². The SMILES string of the molecule is CCCN(CCC)C(=O)c1cc(OC)c(C)cc1OC. The van der Waals surface area contributed by atoms with Crippen molar-refractivity contribution < 1.29 is 14.3 Å². The third kappa shape index (κ3) is 3.65. The van der Waals surface area contributed by atoms with E-state index in [0.717, 1.165) is 31.5 Å². The summed E-state index contributed by atoms with van der Waals surface area (Å²) in [6, 6.07) is 3.62. The van der Waals surface area contributed by atoms with Crippen molar-refractivity contribution in [2.45, 2.75) is 33.6 Å². The molecule has 112 valence electrons. The van der Waals surface area contributed by atoms with Crippen LogP contribution in [0, 0.1) is 6.92 Å². The number of methoxy groups -OCH3 is 2. The van der Waals surface area contributed by atoms with Crippen LogP contribution in [0.3, 0.4) is 0 Å². The largest absolute Gasteiger partial charge is 0.496 e. The van der Waals surface area contributed by atoms with E-state index in [0.29, 0.717) is 17.1 Å². The standard InChI is InChI=1S/C16H25NO3/c1-6-8-17(9-7-2)16(18)13-11-14(19-4)12(3)10-15(13)20-5/h10-11H,6-9H2,1-5H3. The maximum Gasteiger partial charge on any atom is 0.257 e. The highest BCUT2D eigenvalue weighted by Crippen LogP contribution is 2.29. The lowest BCUT2D eigenvalue weighted by Crippen LogP contribution is -2.32. The number of nitrogens with zero attached hydrogens (tertiary/aromatic N) is 1. The summed E-state index contributed by atoms with van der Waals surface area (Å²) in [5, 5.41) is 0. The van der Waals surface area contributed by atoms with Gasteiger partial charge in [-0.05, 0) is 37.5 Å². The van der Waals surface area contributed by atoms with E-state index < -0.39 is 0 Å². The number of aryl methyl sites for hydroxylation is 1. The van der Waals surface area contributed by atoms with Crippen molar-refractivity contribution >= 4 is 5.91 Å². The van der Waals surface area contributed by atoms with Gasteiger partial charge in [0, 0.05) is 13.1 Å². The fourth-order valence-electron chi connectivity index (χ4n) is 2.24. The number of ether oxygens (including phenoxy) is 2. The second-order valence-electron chi connectivity index (χ2n) is 4.81. The minimum Gasteiger partial charge on any atom is -0.496 e. The van der Waals surface area contributed by atoms with Crippen LogP contribution in [-0.2, 0) is 0 Å². The van der Waals surface area contributed by atoms with Crippen molar-refractivity contribution in [2.24, 2.45) is 0 Å². The molecule has 0 saturated carbocycles. The molecule has 0 aromatic heterocycles. The van der Waals surface area contributed by atoms with Crippen LogP contribution in [0.25, 0.3) is 0 Å². The molecule has 1 aromatic rings. The highest BCUT2D eigenvalue weighted by Gasteiger charge is 2.20. The van der Waals surface area contributed by atoms with Gasteiger partial charge < -0.3 is 14.4 Å². The predicted octanol–water partition coefficient (Wildman–Crippen LogP) is 3.27. The van der Waals surface area contributed by atoms with E-state index in [9.17, 15) is 4.79 Å². The molecular weight excluding hydrogens is 254 g/mol. The zero-order chi connectivity index (χ0) is 15.1. The van der Waals surface area contributed by atoms with Crippen LogP contribution in [0.1, 0.15) is 42.6 Å². The number of hydrogen-bond acceptors (Lipinski definition) is 3. The van der Waals surface area contributed by atoms with Gasteiger partial charge in [-0.1, -0.05) is 13.8 Å². The van der Waals surface area contributed by atoms with Crippen molar-refractivity contribution in [3.05, 3.63) is 23.3 Å². The first kappa shape index (κ1) is 16.3. The van der Waals surface area contributed by atoms with Gasteiger partial charge in [0.1, 0.15) is 11.5 Å². The van der Waals surface area contributed by atoms with Crippen LogP contribution < -0.4 is 9.47 Å². The number of benzene rings is 1. The van der Waals surface area contributed by atoms with E-state index in [4.69, 9.17) is 9.47 Å². The van der Waals surface area contributed by atoms with Gasteiger partial charge in [0.2, 0.25) is 0 Å². The number of carbonyl (C=O) groups is 1. The monoisotopic (exact) mass is 279 g/mol. The van der Waals surface area contributed by atoms with Gasteiger partial charge >= 0.3 is 0 Å². The second-order valence-corrected chi connectivity index (χ2v) is 4.81. The van der Waals surface area contributed by atoms with Gasteiger partial charge in [-0.15, -0.1) is 0 Å². The molecule has 0 unspecified atom stereocenters. The first-order valence-corrected chi connectivity index (χ1v) is 7.10. The molecule has 0 N–H and O–H groups in total. The van der Waals surface area contributed by atoms with Crippen molar-refractivity contribution in [3.8, 4) is 11.5 Å². The summed E-state index contributed by atoms with van der Waals surface area (Å²) in [5.41, 5.74) is 1.52. The Hall–Kier alpha value is -1.71. The molecule has 0 spiro atoms. The van der Waals surface area contributed by atoms with Gasteiger partial charge in [0.05, 0.1) is 19.8 Å². The molecule has 0 aliphatic carbocycles. The quantitative estimate of drug-likeness (QED) is 0.769. The van der Waals surface area contributed by atoms with Crippen LogP contribution >= 0.6 is 0 Å². The number of hydrogen-bond donors (Lipinski definition) is 0. The maximum atomic E-state index is 12.7. The zero-order valence-electron chi connectivity index (χ0n) is 13.2. The Morgan fingerprint density at radius 1 is 1.05 bits per heavy atom. The Balaban J connectivity index is 3.17. The lowest BCUT2D eigenvalue weighted by atomic mass is 10.1. The van der Waals surface area contributed by atoms with Crippen LogP contribution in [0.4, 0.5) is 0 Å². The van der Waals surface area contributed by atoms with Gasteiger partial charge in [0.15, 0.2) is 0 Å². The fourth-order valence-corrected chi connectivity index (χ4v) is 2.24. The average Bonchev–Trinajstić information content (AvgIpc) is 2.46. The van der Waals surface area contributed by atoms with Crippen molar-refractivity contribution in [2.75, 3.05) is 27.3 Å². The third-order valence-electron chi connectivity index (χ3n) is 3.22. The summed E-state index contributed by atoms with van der Waals surface area (Å²) in [5.74, 6) is 1.32. The lowest BCUT2D eigenvalue weighted by molar-refractivity contribution is 0.0752. The highest BCUT2D eigenvalue weighted by atomic mass is 16.5. The van der Waals surface area contributed by atoms with Crippen molar-refractivity contribution in [1.82, 2.24) is 4.90 Å². The molecule has 0 atom stereocenters. The second kappa shape index (κ2) is 7.78. The van der Waals surface area contributed by atoms with Crippen LogP contribution in [0.2, 0.25) is 0 Å². The normalized spacial score (nSPS) is 10.2. The molecular formula is C16H25NO3. The zero-order valence-corrected chi connectivity index (χ0v) is 13.2. The summed E-state index contributed by atoms with van der Waals surface area (Å²) in [4.78, 5) is 14.5. The lowest BCUT2D eigenvalue weighted by Gasteiger charge is -2.23. The smallest absolute Gasteiger partial charge is 0.257 e. The molecule has 0 saturated heterocycles. The average molecular weight is 279 g/mol. The molecule has 4 heteroatoms. The van der Waals surface area contributed by atoms with Crippen molar-refractivity contribution in [1.29, 1.82) is 0 Å². The Kier molecular flexibility index (Phi) is 6.36. The van der Waals surface area contributed by atoms with Gasteiger partial charge in [-0.2, -0.15) is 0 Å². The fraction of sp³-hybridized carbons (Fsp3) is 0.562. The van der Waals surface area contributed by atoms with E-state index in [2.05, 4.69) is 13.8 Å². The Morgan fingerprint density at radius 2 is 1.60 bits per heavy atom. The molecule has 1 amide bonds. The Labute approximate surface area is 121 Å². The molecule has 0 bridgehead atoms. The topological polar surface area (TPSA) is 38.8 Å². The predicted molar refractivity (Wildman–Crippen MR) is 80.8 cm³/mol. The molecule has 1 rings (SSSR count). The Bertz CT molecular complexity index is 451. The molecule has 0 heterocycles. The Morgan fingerprint density at radius 3 is 2.05 bits per heavy atom. The summed E-state index contributed by atoms with van der Waals surface area (Å²) >= 11 is 0. The van der Waals surface area contributed by atoms with E-state index in [1.165, 1.54) is 0 Å². The summed E-state index contributed by atoms with van der Waals surface area (Å²) < 4.78 is 10.7. The number of amides is 1. The van der Waals surface area contributed by atoms with Gasteiger partial charge in [0.25, 0.3) is 5.91 Å². The van der Waals surface area contributed by atoms with E-state index in [1.807, 2.05) is 17.9 Å². The first-order chi connectivity index (χ1) is 9.58. The van der Waals surface area contributed by atoms with E-state index >= 15 is 0 Å². The molecule has 0 fully saturated rings. The molecule has 4 nitrogen and oxygen atoms in total. The summed E-state index contributed by atoms with van der Waals surface area (Å²) in [6.45, 7) is 7.59. The van der Waals surface area contributed by atoms with Crippen molar-refractivity contribution in [3.63, 3.8) is 0 Å². The maximum absolute atomic E-state index is 12.7. The minimum atomic E-state index is 0.00356. The van der Waals surface area contributed by atoms with Crippen LogP contribution in [0.5, 0.6) is 11.5 Å². The number of carbonyl (C=O) groups excluding carboxylic acids is 1. The highest BCUT2D eigenvalue weighted by molar-refractivity contribution is 5.97. The molecule has 0 aliphatic heterocycles. The summed E-state index contributed by atoms with van der Waals surface area (Å²) in [6.07, 6.45) is 1.88. The molecule has 20 heavy (non-hydrogen) atoms. The summed E-state index contributed by atoms with van der Waals surface area (Å²) in [7, 11) is 3.20. The van der Waals surface area contributed by atoms with Crippen LogP contribution in [0.15, 0.2) is 12.1 Å². The molecule has 0 radical (unpaired) electrons. The van der Waals surface area contributed by atoms with Crippen LogP contribution in [-0.4, -0.2) is 38.1 Å². The van der Waals surface area contributed by atoms with E-state index in [-0.39, 0.29) is 5.91 Å². The molecule has 1 aromatic carbocycles. The first-order valence-electron chi connectivity index (χ1n) is 7.10. The van der Waals surface area contributed by atoms with Gasteiger partial charge in [-0.25, -0.2) is 0 Å². The number of rotatable bonds is 7. The minimum absolute atomic E-state index is 0.00356. The third-order valence-corrected chi connectivity index (χ3v) is 3.22. The molecule has 0 aliphatic rings.